The second-order valence-corrected chi connectivity index (χ2v) is 8.36. The summed E-state index contributed by atoms with van der Waals surface area (Å²) in [5.74, 6) is -0.290. The van der Waals surface area contributed by atoms with E-state index in [1.54, 1.807) is 24.3 Å². The fourth-order valence-corrected chi connectivity index (χ4v) is 4.09. The number of carbonyl (C=O) groups is 2. The number of nitrogens with one attached hydrogen (secondary N) is 1. The van der Waals surface area contributed by atoms with E-state index in [2.05, 4.69) is 5.32 Å². The van der Waals surface area contributed by atoms with E-state index in [1.807, 2.05) is 26.0 Å². The van der Waals surface area contributed by atoms with Gasteiger partial charge in [-0.25, -0.2) is 4.79 Å². The van der Waals surface area contributed by atoms with E-state index in [0.717, 1.165) is 24.0 Å². The first-order valence-corrected chi connectivity index (χ1v) is 11.7. The van der Waals surface area contributed by atoms with Crippen molar-refractivity contribution < 1.29 is 33.6 Å². The number of carboxylic acid groups (broad SMARTS) is 1. The summed E-state index contributed by atoms with van der Waals surface area (Å²) < 4.78 is 22.0. The van der Waals surface area contributed by atoms with Crippen LogP contribution in [0.3, 0.4) is 0 Å². The van der Waals surface area contributed by atoms with Crippen LogP contribution in [-0.2, 0) is 22.4 Å². The largest absolute Gasteiger partial charge is 0.508 e. The highest BCUT2D eigenvalue weighted by Gasteiger charge is 2.39. The molecular weight excluding hydrogens is 462 g/mol. The van der Waals surface area contributed by atoms with Crippen LogP contribution in [0.1, 0.15) is 54.6 Å². The van der Waals surface area contributed by atoms with Gasteiger partial charge >= 0.3 is 6.16 Å². The number of carbonyl (C=O) groups excluding carboxylic acids is 1. The van der Waals surface area contributed by atoms with Crippen LogP contribution in [0, 0.1) is 0 Å². The topological polar surface area (TPSA) is 103 Å². The van der Waals surface area contributed by atoms with Crippen LogP contribution >= 0.6 is 11.6 Å². The summed E-state index contributed by atoms with van der Waals surface area (Å²) in [5, 5.41) is 12.3. The zero-order valence-corrected chi connectivity index (χ0v) is 20.2. The van der Waals surface area contributed by atoms with Crippen molar-refractivity contribution in [2.75, 3.05) is 19.8 Å². The third kappa shape index (κ3) is 6.77. The Morgan fingerprint density at radius 2 is 2.00 bits per heavy atom. The summed E-state index contributed by atoms with van der Waals surface area (Å²) in [7, 11) is 0. The number of benzene rings is 2. The number of hydrogen-bond acceptors (Lipinski definition) is 6. The van der Waals surface area contributed by atoms with E-state index in [4.69, 9.17) is 35.7 Å². The van der Waals surface area contributed by atoms with Crippen molar-refractivity contribution in [2.24, 2.45) is 0 Å². The van der Waals surface area contributed by atoms with E-state index in [9.17, 15) is 9.59 Å². The Kier molecular flexibility index (Phi) is 9.01. The third-order valence-electron chi connectivity index (χ3n) is 5.34. The number of ether oxygens (including phenoxy) is 4. The summed E-state index contributed by atoms with van der Waals surface area (Å²) in [6, 6.07) is 10.5. The molecule has 2 aromatic carbocycles. The van der Waals surface area contributed by atoms with Gasteiger partial charge in [-0.3, -0.25) is 4.79 Å². The first-order valence-electron chi connectivity index (χ1n) is 11.4. The Labute approximate surface area is 204 Å². The maximum Gasteiger partial charge on any atom is 0.508 e. The molecule has 0 aliphatic carbocycles. The summed E-state index contributed by atoms with van der Waals surface area (Å²) in [6.45, 7) is 5.55. The minimum absolute atomic E-state index is 0.195. The summed E-state index contributed by atoms with van der Waals surface area (Å²) in [5.41, 5.74) is 1.90. The van der Waals surface area contributed by atoms with Gasteiger partial charge in [0.2, 0.25) is 5.79 Å². The van der Waals surface area contributed by atoms with Crippen LogP contribution in [0.25, 0.3) is 0 Å². The summed E-state index contributed by atoms with van der Waals surface area (Å²) in [6.07, 6.45) is 0.961. The molecule has 1 unspecified atom stereocenters. The lowest BCUT2D eigenvalue weighted by atomic mass is 9.99. The van der Waals surface area contributed by atoms with E-state index in [0.29, 0.717) is 48.3 Å². The van der Waals surface area contributed by atoms with Gasteiger partial charge in [0, 0.05) is 24.9 Å². The Hall–Kier alpha value is -2.97. The highest BCUT2D eigenvalue weighted by atomic mass is 35.5. The normalized spacial score (nSPS) is 17.3. The fourth-order valence-electron chi connectivity index (χ4n) is 3.84. The minimum Gasteiger partial charge on any atom is -0.494 e. The van der Waals surface area contributed by atoms with E-state index >= 15 is 0 Å². The molecule has 1 fully saturated rings. The van der Waals surface area contributed by atoms with Gasteiger partial charge in [0.1, 0.15) is 11.5 Å². The van der Waals surface area contributed by atoms with Crippen molar-refractivity contribution in [3.05, 3.63) is 58.1 Å². The first kappa shape index (κ1) is 25.6. The van der Waals surface area contributed by atoms with Crippen LogP contribution in [0.4, 0.5) is 4.79 Å². The van der Waals surface area contributed by atoms with Gasteiger partial charge in [-0.2, -0.15) is 0 Å². The predicted molar refractivity (Wildman–Crippen MR) is 127 cm³/mol. The van der Waals surface area contributed by atoms with Gasteiger partial charge in [0.15, 0.2) is 0 Å². The van der Waals surface area contributed by atoms with E-state index in [1.165, 1.54) is 0 Å². The van der Waals surface area contributed by atoms with Gasteiger partial charge in [-0.15, -0.1) is 0 Å². The second-order valence-electron chi connectivity index (χ2n) is 7.96. The average molecular weight is 492 g/mol. The maximum absolute atomic E-state index is 12.8. The SMILES string of the molecule is CCCOc1ccc(C(=O)NCc2cc(CC3(OC(=O)O)CCCO3)ccc2OCC)c(Cl)c1. The monoisotopic (exact) mass is 491 g/mol. The molecule has 9 heteroatoms. The molecule has 0 spiro atoms. The minimum atomic E-state index is -1.37. The molecule has 1 amide bonds. The number of halogens is 1. The van der Waals surface area contributed by atoms with Gasteiger partial charge in [-0.05, 0) is 49.6 Å². The van der Waals surface area contributed by atoms with Crippen LogP contribution in [0.2, 0.25) is 5.02 Å². The molecule has 0 radical (unpaired) electrons. The van der Waals surface area contributed by atoms with Crippen molar-refractivity contribution in [2.45, 2.75) is 51.9 Å². The van der Waals surface area contributed by atoms with Crippen molar-refractivity contribution in [1.29, 1.82) is 0 Å². The molecule has 1 aliphatic rings. The molecule has 34 heavy (non-hydrogen) atoms. The lowest BCUT2D eigenvalue weighted by molar-refractivity contribution is -0.180. The van der Waals surface area contributed by atoms with Crippen molar-refractivity contribution >= 4 is 23.7 Å². The molecule has 1 saturated heterocycles. The Balaban J connectivity index is 1.74. The number of rotatable bonds is 11. The zero-order chi connectivity index (χ0) is 24.6. The molecule has 2 N–H and O–H groups in total. The van der Waals surface area contributed by atoms with E-state index in [-0.39, 0.29) is 18.9 Å². The number of hydrogen-bond donors (Lipinski definition) is 2. The standard InChI is InChI=1S/C25H30ClNO7/c1-3-11-32-19-7-8-20(21(26)14-19)23(28)27-16-18-13-17(6-9-22(18)31-4-2)15-25(34-24(29)30)10-5-12-33-25/h6-9,13-14H,3-5,10-12,15-16H2,1-2H3,(H,27,28)(H,29,30). The van der Waals surface area contributed by atoms with Gasteiger partial charge < -0.3 is 29.4 Å². The molecule has 1 aliphatic heterocycles. The molecule has 8 nitrogen and oxygen atoms in total. The maximum atomic E-state index is 12.8. The molecule has 0 saturated carbocycles. The van der Waals surface area contributed by atoms with Crippen LogP contribution in [-0.4, -0.2) is 42.8 Å². The van der Waals surface area contributed by atoms with Gasteiger partial charge in [0.05, 0.1) is 30.4 Å². The molecule has 3 rings (SSSR count). The molecular formula is C25H30ClNO7. The van der Waals surface area contributed by atoms with Crippen LogP contribution < -0.4 is 14.8 Å². The Bertz CT molecular complexity index is 1000. The zero-order valence-electron chi connectivity index (χ0n) is 19.4. The highest BCUT2D eigenvalue weighted by molar-refractivity contribution is 6.34. The van der Waals surface area contributed by atoms with Crippen molar-refractivity contribution in [3.8, 4) is 11.5 Å². The Morgan fingerprint density at radius 1 is 1.18 bits per heavy atom. The van der Waals surface area contributed by atoms with Gasteiger partial charge in [-0.1, -0.05) is 30.7 Å². The van der Waals surface area contributed by atoms with Crippen LogP contribution in [0.15, 0.2) is 36.4 Å². The molecule has 2 aromatic rings. The summed E-state index contributed by atoms with van der Waals surface area (Å²) >= 11 is 6.30. The van der Waals surface area contributed by atoms with Gasteiger partial charge in [0.25, 0.3) is 5.91 Å². The third-order valence-corrected chi connectivity index (χ3v) is 5.65. The first-order chi connectivity index (χ1) is 16.4. The molecule has 0 bridgehead atoms. The predicted octanol–water partition coefficient (Wildman–Crippen LogP) is 5.20. The van der Waals surface area contributed by atoms with E-state index < -0.39 is 11.9 Å². The smallest absolute Gasteiger partial charge is 0.494 e. The quantitative estimate of drug-likeness (QED) is 0.416. The second kappa shape index (κ2) is 11.9. The van der Waals surface area contributed by atoms with Crippen molar-refractivity contribution in [1.82, 2.24) is 5.32 Å². The lowest BCUT2D eigenvalue weighted by Crippen LogP contribution is -2.36. The van der Waals surface area contributed by atoms with Crippen LogP contribution in [0.5, 0.6) is 11.5 Å². The molecule has 1 atom stereocenters. The Morgan fingerprint density at radius 3 is 2.65 bits per heavy atom. The number of amides is 1. The molecule has 1 heterocycles. The fraction of sp³-hybridized carbons (Fsp3) is 0.440. The molecule has 0 aromatic heterocycles. The van der Waals surface area contributed by atoms with Crippen molar-refractivity contribution in [3.63, 3.8) is 0 Å². The average Bonchev–Trinajstić information content (AvgIpc) is 3.24. The molecule has 184 valence electrons. The lowest BCUT2D eigenvalue weighted by Gasteiger charge is -2.27. The summed E-state index contributed by atoms with van der Waals surface area (Å²) in [4.78, 5) is 24.0. The highest BCUT2D eigenvalue weighted by Crippen LogP contribution is 2.32.